The molecule has 2 atom stereocenters. The molecule has 0 bridgehead atoms. The minimum absolute atomic E-state index is 0.0110. The van der Waals surface area contributed by atoms with Crippen molar-refractivity contribution in [2.24, 2.45) is 0 Å². The third kappa shape index (κ3) is 9.94. The normalized spacial score (nSPS) is 16.9. The summed E-state index contributed by atoms with van der Waals surface area (Å²) in [6.45, 7) is 5.41. The molecule has 286 valence electrons. The lowest BCUT2D eigenvalue weighted by Gasteiger charge is -2.35. The fraction of sp³-hybridized carbons (Fsp3) is 0.381. The summed E-state index contributed by atoms with van der Waals surface area (Å²) in [5, 5.41) is 30.8. The van der Waals surface area contributed by atoms with E-state index in [0.717, 1.165) is 48.8 Å². The molecule has 4 aromatic carbocycles. The van der Waals surface area contributed by atoms with Gasteiger partial charge in [0.15, 0.2) is 0 Å². The Bertz CT molecular complexity index is 1890. The molecule has 4 aromatic rings. The first kappa shape index (κ1) is 39.7. The van der Waals surface area contributed by atoms with Gasteiger partial charge < -0.3 is 35.2 Å². The Kier molecular flexibility index (Phi) is 14.0. The van der Waals surface area contributed by atoms with Crippen molar-refractivity contribution < 1.29 is 34.2 Å². The van der Waals surface area contributed by atoms with Crippen molar-refractivity contribution in [1.29, 1.82) is 0 Å². The first-order valence-corrected chi connectivity index (χ1v) is 18.5. The van der Waals surface area contributed by atoms with Crippen molar-refractivity contribution in [1.82, 2.24) is 9.80 Å². The van der Waals surface area contributed by atoms with Crippen LogP contribution in [0.25, 0.3) is 0 Å². The van der Waals surface area contributed by atoms with E-state index >= 15 is 0 Å². The molecule has 0 aliphatic carbocycles. The number of hydrogen-bond acceptors (Lipinski definition) is 9. The van der Waals surface area contributed by atoms with Gasteiger partial charge in [0.1, 0.15) is 30.3 Å². The van der Waals surface area contributed by atoms with Gasteiger partial charge in [-0.3, -0.25) is 19.7 Å². The predicted molar refractivity (Wildman–Crippen MR) is 206 cm³/mol. The number of likely N-dealkylation sites (tertiary alicyclic amines) is 2. The smallest absolute Gasteiger partial charge is 0.285 e. The summed E-state index contributed by atoms with van der Waals surface area (Å²) in [4.78, 5) is 40.3. The lowest BCUT2D eigenvalue weighted by atomic mass is 10.00. The number of anilines is 1. The molecule has 0 radical (unpaired) electrons. The molecule has 0 aromatic heterocycles. The largest absolute Gasteiger partial charge is 0.489 e. The van der Waals surface area contributed by atoms with Crippen molar-refractivity contribution >= 4 is 23.2 Å². The Balaban J connectivity index is 0.000000208. The van der Waals surface area contributed by atoms with Crippen LogP contribution in [0.15, 0.2) is 84.9 Å². The first-order valence-electron chi connectivity index (χ1n) is 18.5. The number of carbonyl (C=O) groups is 2. The van der Waals surface area contributed by atoms with Crippen LogP contribution in [0.1, 0.15) is 81.5 Å². The molecular formula is C42H50N4O8. The van der Waals surface area contributed by atoms with E-state index in [2.05, 4.69) is 0 Å². The number of amides is 2. The van der Waals surface area contributed by atoms with Crippen LogP contribution in [0.5, 0.6) is 11.5 Å². The number of nitrogen functional groups attached to an aromatic ring is 1. The van der Waals surface area contributed by atoms with Crippen molar-refractivity contribution in [3.63, 3.8) is 0 Å². The lowest BCUT2D eigenvalue weighted by Crippen LogP contribution is -2.45. The van der Waals surface area contributed by atoms with Crippen LogP contribution < -0.4 is 15.2 Å². The predicted octanol–water partition coefficient (Wildman–Crippen LogP) is 6.61. The number of ether oxygens (including phenoxy) is 2. The maximum atomic E-state index is 13.0. The summed E-state index contributed by atoms with van der Waals surface area (Å²) in [6, 6.07) is 25.4. The molecule has 12 nitrogen and oxygen atoms in total. The second-order valence-electron chi connectivity index (χ2n) is 13.8. The van der Waals surface area contributed by atoms with E-state index in [1.165, 1.54) is 12.1 Å². The van der Waals surface area contributed by atoms with Crippen LogP contribution in [0.2, 0.25) is 0 Å². The van der Waals surface area contributed by atoms with Gasteiger partial charge >= 0.3 is 0 Å². The van der Waals surface area contributed by atoms with Gasteiger partial charge in [0, 0.05) is 24.8 Å². The Hall–Kier alpha value is -5.46. The monoisotopic (exact) mass is 738 g/mol. The average molecular weight is 739 g/mol. The number of piperidine rings is 2. The SMILES string of the molecule is Cc1cc(C(=O)N2CCCC[C@H]2CO)c(N)cc1OCc1ccccc1.Cc1cc(C(=O)N2CCCC[C@H]2CO)c([N+](=O)[O-])cc1OCc1ccccc1. The minimum atomic E-state index is -0.556. The van der Waals surface area contributed by atoms with Crippen LogP contribution in [0.3, 0.4) is 0 Å². The highest BCUT2D eigenvalue weighted by Crippen LogP contribution is 2.32. The zero-order chi connectivity index (χ0) is 38.6. The fourth-order valence-corrected chi connectivity index (χ4v) is 6.90. The number of aliphatic hydroxyl groups excluding tert-OH is 2. The molecular weight excluding hydrogens is 688 g/mol. The highest BCUT2D eigenvalue weighted by Gasteiger charge is 2.32. The Labute approximate surface area is 316 Å². The van der Waals surface area contributed by atoms with E-state index in [0.29, 0.717) is 54.4 Å². The van der Waals surface area contributed by atoms with Gasteiger partial charge in [0.25, 0.3) is 17.5 Å². The highest BCUT2D eigenvalue weighted by molar-refractivity contribution is 6.00. The zero-order valence-electron chi connectivity index (χ0n) is 31.0. The molecule has 2 aliphatic heterocycles. The van der Waals surface area contributed by atoms with Crippen molar-refractivity contribution in [3.05, 3.63) is 128 Å². The number of carbonyl (C=O) groups excluding carboxylic acids is 2. The van der Waals surface area contributed by atoms with Gasteiger partial charge in [0.05, 0.1) is 41.9 Å². The Morgan fingerprint density at radius 2 is 1.17 bits per heavy atom. The van der Waals surface area contributed by atoms with Crippen LogP contribution in [0, 0.1) is 24.0 Å². The highest BCUT2D eigenvalue weighted by atomic mass is 16.6. The maximum absolute atomic E-state index is 13.0. The Morgan fingerprint density at radius 1 is 0.722 bits per heavy atom. The van der Waals surface area contributed by atoms with Gasteiger partial charge in [-0.05, 0) is 86.8 Å². The number of nitrogens with zero attached hydrogens (tertiary/aromatic N) is 3. The number of rotatable bonds is 11. The summed E-state index contributed by atoms with van der Waals surface area (Å²) in [6.07, 6.45) is 5.29. The van der Waals surface area contributed by atoms with Crippen molar-refractivity contribution in [2.75, 3.05) is 32.0 Å². The number of benzene rings is 4. The number of nitro groups is 1. The first-order chi connectivity index (χ1) is 26.1. The molecule has 2 fully saturated rings. The van der Waals surface area contributed by atoms with E-state index < -0.39 is 10.8 Å². The molecule has 2 amide bonds. The van der Waals surface area contributed by atoms with Gasteiger partial charge in [-0.2, -0.15) is 0 Å². The second kappa shape index (κ2) is 19.0. The van der Waals surface area contributed by atoms with Gasteiger partial charge in [0.2, 0.25) is 0 Å². The quantitative estimate of drug-likeness (QED) is 0.0871. The van der Waals surface area contributed by atoms with Crippen LogP contribution in [-0.4, -0.2) is 75.1 Å². The maximum Gasteiger partial charge on any atom is 0.285 e. The molecule has 6 rings (SSSR count). The van der Waals surface area contributed by atoms with E-state index in [1.807, 2.05) is 67.6 Å². The minimum Gasteiger partial charge on any atom is -0.489 e. The molecule has 2 heterocycles. The molecule has 54 heavy (non-hydrogen) atoms. The number of hydrogen-bond donors (Lipinski definition) is 3. The summed E-state index contributed by atoms with van der Waals surface area (Å²) in [5.74, 6) is 0.534. The molecule has 12 heteroatoms. The summed E-state index contributed by atoms with van der Waals surface area (Å²) >= 11 is 0. The number of nitrogens with two attached hydrogens (primary N) is 1. The van der Waals surface area contributed by atoms with E-state index in [1.54, 1.807) is 28.9 Å². The van der Waals surface area contributed by atoms with Gasteiger partial charge in [-0.15, -0.1) is 0 Å². The summed E-state index contributed by atoms with van der Waals surface area (Å²) < 4.78 is 11.6. The molecule has 0 spiro atoms. The fourth-order valence-electron chi connectivity index (χ4n) is 6.90. The van der Waals surface area contributed by atoms with Gasteiger partial charge in [-0.1, -0.05) is 60.7 Å². The molecule has 2 aliphatic rings. The molecule has 2 saturated heterocycles. The van der Waals surface area contributed by atoms with E-state index in [4.69, 9.17) is 15.2 Å². The van der Waals surface area contributed by atoms with E-state index in [9.17, 15) is 29.9 Å². The van der Waals surface area contributed by atoms with E-state index in [-0.39, 0.29) is 49.1 Å². The number of aliphatic hydroxyl groups is 2. The summed E-state index contributed by atoms with van der Waals surface area (Å²) in [5.41, 5.74) is 10.4. The third-order valence-corrected chi connectivity index (χ3v) is 9.97. The summed E-state index contributed by atoms with van der Waals surface area (Å²) in [7, 11) is 0. The zero-order valence-corrected chi connectivity index (χ0v) is 31.0. The molecule has 0 unspecified atom stereocenters. The number of aryl methyl sites for hydroxylation is 2. The van der Waals surface area contributed by atoms with Crippen LogP contribution in [0.4, 0.5) is 11.4 Å². The van der Waals surface area contributed by atoms with Crippen molar-refractivity contribution in [2.45, 2.75) is 77.7 Å². The van der Waals surface area contributed by atoms with Crippen molar-refractivity contribution in [3.8, 4) is 11.5 Å². The molecule has 0 saturated carbocycles. The van der Waals surface area contributed by atoms with Crippen LogP contribution in [-0.2, 0) is 13.2 Å². The topological polar surface area (TPSA) is 169 Å². The third-order valence-electron chi connectivity index (χ3n) is 9.97. The average Bonchev–Trinajstić information content (AvgIpc) is 3.20. The Morgan fingerprint density at radius 3 is 1.63 bits per heavy atom. The molecule has 4 N–H and O–H groups in total. The second-order valence-corrected chi connectivity index (χ2v) is 13.8. The van der Waals surface area contributed by atoms with Crippen LogP contribution >= 0.6 is 0 Å². The van der Waals surface area contributed by atoms with Gasteiger partial charge in [-0.25, -0.2) is 0 Å². The lowest BCUT2D eigenvalue weighted by molar-refractivity contribution is -0.385. The number of nitro benzene ring substituents is 1. The standard InChI is InChI=1S/C21H24N2O5.C21H26N2O3/c1-15-11-18(21(25)22-10-6-5-9-17(22)13-24)19(23(26)27)12-20(15)28-14-16-7-3-2-4-8-16;1-15-11-18(21(25)23-10-6-5-9-17(23)13-24)19(22)12-20(15)26-14-16-7-3-2-4-8-16/h2-4,7-8,11-12,17,24H,5-6,9-10,13-14H2,1H3;2-4,7-8,11-12,17,24H,5-6,9-10,13-14,22H2,1H3/t2*17-/m00/s1.